The lowest BCUT2D eigenvalue weighted by Gasteiger charge is -2.47. The lowest BCUT2D eigenvalue weighted by Crippen LogP contribution is -2.68. The van der Waals surface area contributed by atoms with Crippen LogP contribution in [0.2, 0.25) is 0 Å². The number of rotatable bonds is 6. The van der Waals surface area contributed by atoms with E-state index in [0.29, 0.717) is 0 Å². The zero-order valence-electron chi connectivity index (χ0n) is 16.5. The van der Waals surface area contributed by atoms with E-state index in [1.54, 1.807) is 0 Å². The molecule has 2 atom stereocenters. The molecule has 0 aromatic heterocycles. The Labute approximate surface area is 184 Å². The summed E-state index contributed by atoms with van der Waals surface area (Å²) >= 11 is 1.23. The molecular weight excluding hydrogens is 440 g/mol. The van der Waals surface area contributed by atoms with E-state index in [1.165, 1.54) is 11.8 Å². The van der Waals surface area contributed by atoms with Gasteiger partial charge in [-0.25, -0.2) is 4.79 Å². The Morgan fingerprint density at radius 1 is 1.10 bits per heavy atom. The Hall–Kier alpha value is -2.82. The van der Waals surface area contributed by atoms with Crippen LogP contribution in [-0.4, -0.2) is 48.6 Å². The van der Waals surface area contributed by atoms with Crippen molar-refractivity contribution in [2.75, 3.05) is 12.0 Å². The zero-order valence-corrected chi connectivity index (χ0v) is 18.1. The number of benzene rings is 2. The number of β-lactam (4-membered cyclic amide) rings is 1. The monoisotopic (exact) mass is 460 g/mol. The van der Waals surface area contributed by atoms with Gasteiger partial charge in [0.15, 0.2) is 17.6 Å². The highest BCUT2D eigenvalue weighted by Crippen LogP contribution is 2.41. The third-order valence-electron chi connectivity index (χ3n) is 4.85. The van der Waals surface area contributed by atoms with Gasteiger partial charge in [-0.15, -0.1) is 11.8 Å². The normalized spacial score (nSPS) is 20.9. The first kappa shape index (κ1) is 21.4. The molecule has 0 aliphatic carbocycles. The van der Waals surface area contributed by atoms with Crippen molar-refractivity contribution in [1.29, 1.82) is 0 Å². The second kappa shape index (κ2) is 8.37. The SMILES string of the molecule is CS(=O)(=O)OC1=C(C(=O)OC(c2ccccc2)c2ccccc2)N2C(=O)[C@@H](N)[C@H]2SC1. The van der Waals surface area contributed by atoms with Crippen LogP contribution in [0.3, 0.4) is 0 Å². The zero-order chi connectivity index (χ0) is 22.2. The van der Waals surface area contributed by atoms with Crippen LogP contribution in [0.15, 0.2) is 72.1 Å². The van der Waals surface area contributed by atoms with Gasteiger partial charge in [0.25, 0.3) is 0 Å². The highest BCUT2D eigenvalue weighted by molar-refractivity contribution is 8.00. The topological polar surface area (TPSA) is 116 Å². The molecule has 2 N–H and O–H groups in total. The molecule has 10 heteroatoms. The van der Waals surface area contributed by atoms with Crippen LogP contribution in [-0.2, 0) is 28.6 Å². The molecule has 1 amide bonds. The summed E-state index contributed by atoms with van der Waals surface area (Å²) in [6.45, 7) is 0. The molecule has 31 heavy (non-hydrogen) atoms. The molecule has 0 bridgehead atoms. The summed E-state index contributed by atoms with van der Waals surface area (Å²) < 4.78 is 34.3. The number of hydrogen-bond donors (Lipinski definition) is 1. The van der Waals surface area contributed by atoms with Crippen molar-refractivity contribution in [3.8, 4) is 0 Å². The second-order valence-electron chi connectivity index (χ2n) is 7.10. The van der Waals surface area contributed by atoms with E-state index in [-0.39, 0.29) is 17.2 Å². The third kappa shape index (κ3) is 4.32. The Morgan fingerprint density at radius 2 is 1.65 bits per heavy atom. The van der Waals surface area contributed by atoms with Crippen LogP contribution >= 0.6 is 11.8 Å². The van der Waals surface area contributed by atoms with Crippen LogP contribution < -0.4 is 5.73 Å². The number of esters is 1. The van der Waals surface area contributed by atoms with E-state index in [2.05, 4.69) is 0 Å². The van der Waals surface area contributed by atoms with Crippen LogP contribution in [0.5, 0.6) is 0 Å². The molecule has 2 aliphatic heterocycles. The Bertz CT molecular complexity index is 1100. The fraction of sp³-hybridized carbons (Fsp3) is 0.238. The van der Waals surface area contributed by atoms with E-state index in [9.17, 15) is 18.0 Å². The van der Waals surface area contributed by atoms with Gasteiger partial charge in [0.05, 0.1) is 12.0 Å². The van der Waals surface area contributed by atoms with Crippen molar-refractivity contribution in [3.05, 3.63) is 83.2 Å². The number of nitrogens with two attached hydrogens (primary N) is 1. The Morgan fingerprint density at radius 3 is 2.16 bits per heavy atom. The lowest BCUT2D eigenvalue weighted by atomic mass is 10.0. The number of nitrogens with zero attached hydrogens (tertiary/aromatic N) is 1. The van der Waals surface area contributed by atoms with Crippen molar-refractivity contribution in [2.45, 2.75) is 17.5 Å². The van der Waals surface area contributed by atoms with E-state index < -0.39 is 39.5 Å². The molecule has 4 rings (SSSR count). The van der Waals surface area contributed by atoms with Gasteiger partial charge in [-0.1, -0.05) is 60.7 Å². The number of carbonyl (C=O) groups is 2. The second-order valence-corrected chi connectivity index (χ2v) is 9.78. The maximum absolute atomic E-state index is 13.3. The quantitative estimate of drug-likeness (QED) is 0.394. The van der Waals surface area contributed by atoms with E-state index in [0.717, 1.165) is 22.3 Å². The van der Waals surface area contributed by atoms with Crippen molar-refractivity contribution in [3.63, 3.8) is 0 Å². The molecule has 8 nitrogen and oxygen atoms in total. The molecule has 1 fully saturated rings. The summed E-state index contributed by atoms with van der Waals surface area (Å²) in [4.78, 5) is 26.8. The number of hydrogen-bond acceptors (Lipinski definition) is 8. The molecule has 2 heterocycles. The summed E-state index contributed by atoms with van der Waals surface area (Å²) in [7, 11) is -3.92. The molecule has 0 unspecified atom stereocenters. The van der Waals surface area contributed by atoms with Gasteiger partial charge in [0.1, 0.15) is 11.4 Å². The lowest BCUT2D eigenvalue weighted by molar-refractivity contribution is -0.153. The van der Waals surface area contributed by atoms with Gasteiger partial charge in [0.2, 0.25) is 5.91 Å². The Balaban J connectivity index is 1.72. The standard InChI is InChI=1S/C21H20N2O6S2/c1-31(26,27)29-15-12-30-20-16(22)19(24)23(20)17(15)21(25)28-18(13-8-4-2-5-9-13)14-10-6-3-7-11-14/h2-11,16,18,20H,12,22H2,1H3/t16-,20-/m1/s1. The molecule has 2 aromatic carbocycles. The maximum atomic E-state index is 13.3. The molecule has 0 spiro atoms. The van der Waals surface area contributed by atoms with Crippen molar-refractivity contribution in [1.82, 2.24) is 4.90 Å². The van der Waals surface area contributed by atoms with Gasteiger partial charge in [-0.05, 0) is 11.1 Å². The summed E-state index contributed by atoms with van der Waals surface area (Å²) in [5, 5.41) is -0.478. The number of fused-ring (bicyclic) bond motifs is 1. The minimum atomic E-state index is -3.92. The average Bonchev–Trinajstić information content (AvgIpc) is 2.76. The van der Waals surface area contributed by atoms with Gasteiger partial charge in [-0.2, -0.15) is 8.42 Å². The van der Waals surface area contributed by atoms with E-state index in [4.69, 9.17) is 14.7 Å². The van der Waals surface area contributed by atoms with Crippen LogP contribution in [0, 0.1) is 0 Å². The summed E-state index contributed by atoms with van der Waals surface area (Å²) in [5.41, 5.74) is 7.07. The van der Waals surface area contributed by atoms with E-state index in [1.807, 2.05) is 60.7 Å². The molecule has 1 saturated heterocycles. The first-order chi connectivity index (χ1) is 14.8. The first-order valence-corrected chi connectivity index (χ1v) is 12.3. The Kier molecular flexibility index (Phi) is 5.78. The molecule has 2 aromatic rings. The highest BCUT2D eigenvalue weighted by Gasteiger charge is 2.53. The molecule has 0 radical (unpaired) electrons. The molecule has 0 saturated carbocycles. The van der Waals surface area contributed by atoms with Crippen molar-refractivity contribution < 1.29 is 26.9 Å². The summed E-state index contributed by atoms with van der Waals surface area (Å²) in [6, 6.07) is 17.5. The van der Waals surface area contributed by atoms with E-state index >= 15 is 0 Å². The smallest absolute Gasteiger partial charge is 0.359 e. The summed E-state index contributed by atoms with van der Waals surface area (Å²) in [6.07, 6.45) is 0.111. The fourth-order valence-electron chi connectivity index (χ4n) is 3.47. The largest absolute Gasteiger partial charge is 0.448 e. The average molecular weight is 461 g/mol. The van der Waals surface area contributed by atoms with Crippen LogP contribution in [0.1, 0.15) is 17.2 Å². The van der Waals surface area contributed by atoms with Crippen LogP contribution in [0.4, 0.5) is 0 Å². The number of thioether (sulfide) groups is 1. The number of amides is 1. The molecule has 2 aliphatic rings. The van der Waals surface area contributed by atoms with Crippen LogP contribution in [0.25, 0.3) is 0 Å². The fourth-order valence-corrected chi connectivity index (χ4v) is 5.25. The predicted octanol–water partition coefficient (Wildman–Crippen LogP) is 1.75. The third-order valence-corrected chi connectivity index (χ3v) is 6.63. The summed E-state index contributed by atoms with van der Waals surface area (Å²) in [5.74, 6) is -1.42. The van der Waals surface area contributed by atoms with Gasteiger partial charge >= 0.3 is 16.1 Å². The van der Waals surface area contributed by atoms with Crippen molar-refractivity contribution in [2.24, 2.45) is 5.73 Å². The predicted molar refractivity (Wildman–Crippen MR) is 115 cm³/mol. The molecular formula is C21H20N2O6S2. The van der Waals surface area contributed by atoms with Gasteiger partial charge < -0.3 is 14.7 Å². The van der Waals surface area contributed by atoms with Gasteiger partial charge in [-0.3, -0.25) is 9.69 Å². The van der Waals surface area contributed by atoms with Crippen molar-refractivity contribution >= 4 is 33.8 Å². The molecule has 162 valence electrons. The minimum Gasteiger partial charge on any atom is -0.448 e. The van der Waals surface area contributed by atoms with Gasteiger partial charge in [0, 0.05) is 0 Å². The first-order valence-electron chi connectivity index (χ1n) is 9.40. The minimum absolute atomic E-state index is 0.0704. The highest BCUT2D eigenvalue weighted by atomic mass is 32.2. The number of carbonyl (C=O) groups excluding carboxylic acids is 2. The maximum Gasteiger partial charge on any atom is 0.359 e. The number of ether oxygens (including phenoxy) is 1.